The van der Waals surface area contributed by atoms with Crippen LogP contribution in [0.1, 0.15) is 13.3 Å². The number of benzene rings is 1. The summed E-state index contributed by atoms with van der Waals surface area (Å²) < 4.78 is 51.4. The Hall–Kier alpha value is -1.00. The molecule has 1 aliphatic rings. The Balaban J connectivity index is 2.31. The molecular formula is C12H18N2O5S2. The minimum absolute atomic E-state index is 0.00244. The molecule has 1 fully saturated rings. The van der Waals surface area contributed by atoms with Crippen molar-refractivity contribution < 1.29 is 21.9 Å². The molecule has 7 nitrogen and oxygen atoms in total. The van der Waals surface area contributed by atoms with Crippen LogP contribution in [0.3, 0.4) is 0 Å². The van der Waals surface area contributed by atoms with Crippen molar-refractivity contribution in [2.75, 3.05) is 20.1 Å². The molecule has 1 saturated heterocycles. The van der Waals surface area contributed by atoms with Crippen LogP contribution in [0.15, 0.2) is 34.1 Å². The van der Waals surface area contributed by atoms with Crippen LogP contribution in [0.2, 0.25) is 0 Å². The Bertz CT molecular complexity index is 723. The van der Waals surface area contributed by atoms with Crippen LogP contribution < -0.4 is 4.72 Å². The molecule has 9 heteroatoms. The van der Waals surface area contributed by atoms with Crippen molar-refractivity contribution in [2.45, 2.75) is 28.7 Å². The molecule has 1 unspecified atom stereocenters. The van der Waals surface area contributed by atoms with E-state index in [2.05, 4.69) is 4.72 Å². The van der Waals surface area contributed by atoms with E-state index in [1.807, 2.05) is 0 Å². The van der Waals surface area contributed by atoms with Gasteiger partial charge in [-0.3, -0.25) is 0 Å². The summed E-state index contributed by atoms with van der Waals surface area (Å²) in [4.78, 5) is 0.00706. The van der Waals surface area contributed by atoms with Gasteiger partial charge in [-0.2, -0.15) is 4.31 Å². The van der Waals surface area contributed by atoms with E-state index >= 15 is 0 Å². The maximum Gasteiger partial charge on any atom is 0.243 e. The van der Waals surface area contributed by atoms with Crippen LogP contribution in [-0.4, -0.2) is 52.0 Å². The average Bonchev–Trinajstić information content (AvgIpc) is 2.80. The quantitative estimate of drug-likeness (QED) is 0.789. The molecule has 1 atom stereocenters. The Morgan fingerprint density at radius 2 is 1.67 bits per heavy atom. The van der Waals surface area contributed by atoms with Gasteiger partial charge >= 0.3 is 0 Å². The van der Waals surface area contributed by atoms with Crippen LogP contribution >= 0.6 is 0 Å². The summed E-state index contributed by atoms with van der Waals surface area (Å²) in [7, 11) is -6.03. The van der Waals surface area contributed by atoms with E-state index in [0.29, 0.717) is 6.42 Å². The summed E-state index contributed by atoms with van der Waals surface area (Å²) in [6.45, 7) is 1.86. The van der Waals surface area contributed by atoms with Gasteiger partial charge in [0.15, 0.2) is 0 Å². The van der Waals surface area contributed by atoms with Crippen molar-refractivity contribution in [3.05, 3.63) is 24.3 Å². The molecule has 0 amide bonds. The summed E-state index contributed by atoms with van der Waals surface area (Å²) in [6.07, 6.45) is 0.373. The van der Waals surface area contributed by atoms with Gasteiger partial charge in [-0.1, -0.05) is 0 Å². The number of rotatable bonds is 4. The predicted octanol–water partition coefficient (Wildman–Crippen LogP) is -0.260. The fourth-order valence-electron chi connectivity index (χ4n) is 2.17. The third kappa shape index (κ3) is 3.27. The average molecular weight is 334 g/mol. The third-order valence-electron chi connectivity index (χ3n) is 3.46. The molecule has 2 rings (SSSR count). The van der Waals surface area contributed by atoms with E-state index < -0.39 is 25.6 Å². The van der Waals surface area contributed by atoms with Gasteiger partial charge in [0.25, 0.3) is 0 Å². The largest absolute Gasteiger partial charge is 0.389 e. The lowest BCUT2D eigenvalue weighted by Crippen LogP contribution is -2.33. The smallest absolute Gasteiger partial charge is 0.243 e. The number of sulfonamides is 2. The first-order chi connectivity index (χ1) is 9.58. The van der Waals surface area contributed by atoms with Gasteiger partial charge in [-0.05, 0) is 44.7 Å². The molecule has 1 aromatic carbocycles. The Labute approximate surface area is 124 Å². The standard InChI is InChI=1S/C12H18N2O5S2/c1-12(15)7-8-14(9-12)21(18,19)11-5-3-10(4-6-11)20(16,17)13-2/h3-6,13,15H,7-9H2,1-2H3. The minimum atomic E-state index is -3.72. The van der Waals surface area contributed by atoms with Gasteiger partial charge in [0.2, 0.25) is 20.0 Å². The highest BCUT2D eigenvalue weighted by molar-refractivity contribution is 7.89. The number of nitrogens with zero attached hydrogens (tertiary/aromatic N) is 1. The monoisotopic (exact) mass is 334 g/mol. The molecule has 1 aromatic rings. The van der Waals surface area contributed by atoms with Gasteiger partial charge in [0, 0.05) is 13.1 Å². The molecule has 1 heterocycles. The van der Waals surface area contributed by atoms with Crippen molar-refractivity contribution in [1.82, 2.24) is 9.03 Å². The fourth-order valence-corrected chi connectivity index (χ4v) is 4.45. The molecule has 118 valence electrons. The lowest BCUT2D eigenvalue weighted by atomic mass is 10.1. The number of nitrogens with one attached hydrogen (secondary N) is 1. The van der Waals surface area contributed by atoms with Gasteiger partial charge in [0.05, 0.1) is 15.4 Å². The zero-order valence-corrected chi connectivity index (χ0v) is 13.4. The van der Waals surface area contributed by atoms with Crippen molar-refractivity contribution in [3.8, 4) is 0 Å². The Morgan fingerprint density at radius 3 is 2.10 bits per heavy atom. The summed E-state index contributed by atoms with van der Waals surface area (Å²) in [6, 6.07) is 5.00. The maximum atomic E-state index is 12.4. The van der Waals surface area contributed by atoms with E-state index in [1.165, 1.54) is 35.6 Å². The minimum Gasteiger partial charge on any atom is -0.389 e. The second-order valence-electron chi connectivity index (χ2n) is 5.26. The van der Waals surface area contributed by atoms with E-state index in [9.17, 15) is 21.9 Å². The molecule has 0 saturated carbocycles. The molecule has 0 spiro atoms. The molecule has 21 heavy (non-hydrogen) atoms. The van der Waals surface area contributed by atoms with E-state index in [-0.39, 0.29) is 22.9 Å². The van der Waals surface area contributed by atoms with Crippen LogP contribution in [0.4, 0.5) is 0 Å². The summed E-state index contributed by atoms with van der Waals surface area (Å²) in [5.41, 5.74) is -1.03. The normalized spacial score (nSPS) is 24.3. The Kier molecular flexibility index (Phi) is 4.15. The van der Waals surface area contributed by atoms with Gasteiger partial charge in [0.1, 0.15) is 0 Å². The van der Waals surface area contributed by atoms with Crippen molar-refractivity contribution in [3.63, 3.8) is 0 Å². The van der Waals surface area contributed by atoms with Gasteiger partial charge in [-0.15, -0.1) is 0 Å². The highest BCUT2D eigenvalue weighted by atomic mass is 32.2. The molecule has 0 radical (unpaired) electrons. The molecule has 0 aromatic heterocycles. The highest BCUT2D eigenvalue weighted by Crippen LogP contribution is 2.27. The second-order valence-corrected chi connectivity index (χ2v) is 9.09. The Morgan fingerprint density at radius 1 is 1.14 bits per heavy atom. The third-order valence-corrected chi connectivity index (χ3v) is 6.75. The molecular weight excluding hydrogens is 316 g/mol. The summed E-state index contributed by atoms with van der Waals surface area (Å²) in [5, 5.41) is 9.86. The first-order valence-corrected chi connectivity index (χ1v) is 9.27. The van der Waals surface area contributed by atoms with Crippen LogP contribution in [0.5, 0.6) is 0 Å². The van der Waals surface area contributed by atoms with Crippen LogP contribution in [-0.2, 0) is 20.0 Å². The summed E-state index contributed by atoms with van der Waals surface area (Å²) in [5.74, 6) is 0. The molecule has 0 bridgehead atoms. The van der Waals surface area contributed by atoms with Crippen molar-refractivity contribution >= 4 is 20.0 Å². The number of aliphatic hydroxyl groups is 1. The predicted molar refractivity (Wildman–Crippen MR) is 76.7 cm³/mol. The van der Waals surface area contributed by atoms with Crippen molar-refractivity contribution in [1.29, 1.82) is 0 Å². The molecule has 2 N–H and O–H groups in total. The maximum absolute atomic E-state index is 12.4. The topological polar surface area (TPSA) is 104 Å². The number of β-amino-alcohol motifs (C(OH)–C–C–N with tert-alkyl or cyclic N) is 1. The first kappa shape index (κ1) is 16.4. The number of hydrogen-bond acceptors (Lipinski definition) is 5. The van der Waals surface area contributed by atoms with Crippen LogP contribution in [0, 0.1) is 0 Å². The molecule has 1 aliphatic heterocycles. The zero-order valence-electron chi connectivity index (χ0n) is 11.8. The highest BCUT2D eigenvalue weighted by Gasteiger charge is 2.38. The van der Waals surface area contributed by atoms with E-state index in [4.69, 9.17) is 0 Å². The molecule has 0 aliphatic carbocycles. The SMILES string of the molecule is CNS(=O)(=O)c1ccc(S(=O)(=O)N2CCC(C)(O)C2)cc1. The summed E-state index contributed by atoms with van der Waals surface area (Å²) >= 11 is 0. The van der Waals surface area contributed by atoms with E-state index in [0.717, 1.165) is 0 Å². The lowest BCUT2D eigenvalue weighted by Gasteiger charge is -2.19. The second kappa shape index (κ2) is 5.33. The lowest BCUT2D eigenvalue weighted by molar-refractivity contribution is 0.0762. The van der Waals surface area contributed by atoms with Crippen LogP contribution in [0.25, 0.3) is 0 Å². The first-order valence-electron chi connectivity index (χ1n) is 6.35. The van der Waals surface area contributed by atoms with Gasteiger partial charge < -0.3 is 5.11 Å². The van der Waals surface area contributed by atoms with Gasteiger partial charge in [-0.25, -0.2) is 21.6 Å². The van der Waals surface area contributed by atoms with Crippen molar-refractivity contribution in [2.24, 2.45) is 0 Å². The fraction of sp³-hybridized carbons (Fsp3) is 0.500. The van der Waals surface area contributed by atoms with E-state index in [1.54, 1.807) is 6.92 Å². The number of hydrogen-bond donors (Lipinski definition) is 2. The zero-order chi connectivity index (χ0) is 15.9.